The minimum atomic E-state index is -0.0978. The van der Waals surface area contributed by atoms with Crippen molar-refractivity contribution in [3.8, 4) is 0 Å². The molecule has 0 spiro atoms. The number of nitrogens with zero attached hydrogens (tertiary/aromatic N) is 3. The quantitative estimate of drug-likeness (QED) is 0.716. The van der Waals surface area contributed by atoms with E-state index in [9.17, 15) is 4.79 Å². The molecule has 6 heteroatoms. The van der Waals surface area contributed by atoms with Crippen molar-refractivity contribution in [2.24, 2.45) is 0 Å². The second-order valence-electron chi connectivity index (χ2n) is 3.40. The molecule has 84 valence electrons. The third kappa shape index (κ3) is 2.69. The van der Waals surface area contributed by atoms with Crippen LogP contribution in [0.4, 0.5) is 0 Å². The zero-order valence-electron chi connectivity index (χ0n) is 8.76. The maximum atomic E-state index is 11.5. The Kier molecular flexibility index (Phi) is 3.32. The van der Waals surface area contributed by atoms with E-state index in [2.05, 4.69) is 20.5 Å². The summed E-state index contributed by atoms with van der Waals surface area (Å²) < 4.78 is 1.98. The Labute approximate surface area is 92.7 Å². The largest absolute Gasteiger partial charge is 0.352 e. The van der Waals surface area contributed by atoms with Crippen LogP contribution in [0.1, 0.15) is 16.8 Å². The third-order valence-corrected chi connectivity index (χ3v) is 2.20. The van der Waals surface area contributed by atoms with Gasteiger partial charge in [-0.05, 0) is 6.42 Å². The number of hydrogen-bond acceptors (Lipinski definition) is 3. The maximum absolute atomic E-state index is 11.5. The normalized spacial score (nSPS) is 10.2. The lowest BCUT2D eigenvalue weighted by molar-refractivity contribution is 0.0953. The molecule has 1 amide bonds. The first-order valence-corrected chi connectivity index (χ1v) is 5.09. The highest BCUT2D eigenvalue weighted by Crippen LogP contribution is 1.94. The minimum absolute atomic E-state index is 0.0978. The van der Waals surface area contributed by atoms with E-state index < -0.39 is 0 Å². The van der Waals surface area contributed by atoms with Gasteiger partial charge < -0.3 is 9.88 Å². The average molecular weight is 219 g/mol. The van der Waals surface area contributed by atoms with E-state index >= 15 is 0 Å². The van der Waals surface area contributed by atoms with Crippen molar-refractivity contribution < 1.29 is 4.79 Å². The van der Waals surface area contributed by atoms with Gasteiger partial charge in [-0.1, -0.05) is 0 Å². The van der Waals surface area contributed by atoms with Gasteiger partial charge in [0.05, 0.1) is 18.1 Å². The number of nitrogens with one attached hydrogen (secondary N) is 2. The maximum Gasteiger partial charge on any atom is 0.254 e. The smallest absolute Gasteiger partial charge is 0.254 e. The number of aryl methyl sites for hydroxylation is 1. The number of H-pyrrole nitrogens is 1. The van der Waals surface area contributed by atoms with Crippen molar-refractivity contribution >= 4 is 5.91 Å². The van der Waals surface area contributed by atoms with Gasteiger partial charge in [0.2, 0.25) is 0 Å². The molecule has 0 fully saturated rings. The number of aromatic nitrogens is 4. The van der Waals surface area contributed by atoms with Crippen LogP contribution in [0.25, 0.3) is 0 Å². The fraction of sp³-hybridized carbons (Fsp3) is 0.300. The highest BCUT2D eigenvalue weighted by molar-refractivity contribution is 5.93. The summed E-state index contributed by atoms with van der Waals surface area (Å²) in [6.07, 6.45) is 9.36. The van der Waals surface area contributed by atoms with Crippen LogP contribution < -0.4 is 5.32 Å². The lowest BCUT2D eigenvalue weighted by Gasteiger charge is -2.03. The molecule has 0 radical (unpaired) electrons. The van der Waals surface area contributed by atoms with Crippen LogP contribution in [0.15, 0.2) is 31.1 Å². The molecule has 0 bridgehead atoms. The number of hydrogen-bond donors (Lipinski definition) is 2. The van der Waals surface area contributed by atoms with Crippen LogP contribution in [-0.2, 0) is 6.54 Å². The molecular formula is C10H13N5O. The first-order valence-electron chi connectivity index (χ1n) is 5.09. The Hall–Kier alpha value is -2.11. The first kappa shape index (κ1) is 10.4. The number of amides is 1. The lowest BCUT2D eigenvalue weighted by atomic mass is 10.3. The molecule has 2 N–H and O–H groups in total. The van der Waals surface area contributed by atoms with E-state index in [4.69, 9.17) is 0 Å². The highest BCUT2D eigenvalue weighted by Gasteiger charge is 2.04. The molecule has 6 nitrogen and oxygen atoms in total. The van der Waals surface area contributed by atoms with Gasteiger partial charge in [0.15, 0.2) is 0 Å². The number of aromatic amines is 1. The summed E-state index contributed by atoms with van der Waals surface area (Å²) in [4.78, 5) is 15.4. The Bertz CT molecular complexity index is 420. The molecule has 0 atom stereocenters. The molecule has 0 aliphatic heterocycles. The molecule has 0 aliphatic carbocycles. The molecule has 0 aromatic carbocycles. The summed E-state index contributed by atoms with van der Waals surface area (Å²) in [5, 5.41) is 9.13. The van der Waals surface area contributed by atoms with Crippen molar-refractivity contribution in [2.75, 3.05) is 6.54 Å². The molecular weight excluding hydrogens is 206 g/mol. The molecule has 0 aliphatic rings. The monoisotopic (exact) mass is 219 g/mol. The predicted molar refractivity (Wildman–Crippen MR) is 57.8 cm³/mol. The van der Waals surface area contributed by atoms with Crippen LogP contribution in [0.3, 0.4) is 0 Å². The third-order valence-electron chi connectivity index (χ3n) is 2.20. The second-order valence-corrected chi connectivity index (χ2v) is 3.40. The number of imidazole rings is 1. The van der Waals surface area contributed by atoms with Gasteiger partial charge in [-0.25, -0.2) is 4.98 Å². The summed E-state index contributed by atoms with van der Waals surface area (Å²) in [7, 11) is 0. The number of rotatable bonds is 5. The molecule has 2 aromatic rings. The minimum Gasteiger partial charge on any atom is -0.352 e. The van der Waals surface area contributed by atoms with Crippen LogP contribution in [0.5, 0.6) is 0 Å². The highest BCUT2D eigenvalue weighted by atomic mass is 16.1. The summed E-state index contributed by atoms with van der Waals surface area (Å²) in [5.74, 6) is -0.0978. The van der Waals surface area contributed by atoms with Crippen molar-refractivity contribution in [3.63, 3.8) is 0 Å². The first-order chi connectivity index (χ1) is 7.86. The lowest BCUT2D eigenvalue weighted by Crippen LogP contribution is -2.24. The summed E-state index contributed by atoms with van der Waals surface area (Å²) >= 11 is 0. The number of carbonyl (C=O) groups excluding carboxylic acids is 1. The molecule has 2 heterocycles. The van der Waals surface area contributed by atoms with Crippen LogP contribution in [0, 0.1) is 0 Å². The van der Waals surface area contributed by atoms with Crippen molar-refractivity contribution in [3.05, 3.63) is 36.7 Å². The predicted octanol–water partition coefficient (Wildman–Crippen LogP) is 0.426. The summed E-state index contributed by atoms with van der Waals surface area (Å²) in [6, 6.07) is 0. The SMILES string of the molecule is O=C(NCCCn1ccnc1)c1cn[nH]c1. The van der Waals surface area contributed by atoms with E-state index in [1.165, 1.54) is 6.20 Å². The molecule has 0 unspecified atom stereocenters. The topological polar surface area (TPSA) is 75.6 Å². The van der Waals surface area contributed by atoms with Crippen LogP contribution in [0.2, 0.25) is 0 Å². The fourth-order valence-electron chi connectivity index (χ4n) is 1.36. The van der Waals surface area contributed by atoms with Gasteiger partial charge in [-0.2, -0.15) is 5.10 Å². The zero-order valence-corrected chi connectivity index (χ0v) is 8.76. The molecule has 0 saturated heterocycles. The van der Waals surface area contributed by atoms with Crippen LogP contribution >= 0.6 is 0 Å². The molecule has 0 saturated carbocycles. The van der Waals surface area contributed by atoms with Crippen molar-refractivity contribution in [1.29, 1.82) is 0 Å². The van der Waals surface area contributed by atoms with Gasteiger partial charge >= 0.3 is 0 Å². The molecule has 2 aromatic heterocycles. The van der Waals surface area contributed by atoms with Crippen molar-refractivity contribution in [1.82, 2.24) is 25.1 Å². The standard InChI is InChI=1S/C10H13N5O/c16-10(9-6-13-14-7-9)12-2-1-4-15-5-3-11-8-15/h3,5-8H,1-2,4H2,(H,12,16)(H,13,14). The van der Waals surface area contributed by atoms with E-state index in [1.54, 1.807) is 18.7 Å². The van der Waals surface area contributed by atoms with Gasteiger partial charge in [-0.3, -0.25) is 9.89 Å². The van der Waals surface area contributed by atoms with Crippen LogP contribution in [-0.4, -0.2) is 32.2 Å². The van der Waals surface area contributed by atoms with Gasteiger partial charge in [0, 0.05) is 31.7 Å². The Morgan fingerprint density at radius 2 is 2.50 bits per heavy atom. The van der Waals surface area contributed by atoms with E-state index in [0.717, 1.165) is 13.0 Å². The van der Waals surface area contributed by atoms with E-state index in [0.29, 0.717) is 12.1 Å². The zero-order chi connectivity index (χ0) is 11.2. The second kappa shape index (κ2) is 5.11. The van der Waals surface area contributed by atoms with E-state index in [1.807, 2.05) is 10.8 Å². The van der Waals surface area contributed by atoms with Gasteiger partial charge in [0.1, 0.15) is 0 Å². The number of carbonyl (C=O) groups is 1. The van der Waals surface area contributed by atoms with Gasteiger partial charge in [-0.15, -0.1) is 0 Å². The molecule has 2 rings (SSSR count). The van der Waals surface area contributed by atoms with E-state index in [-0.39, 0.29) is 5.91 Å². The Morgan fingerprint density at radius 3 is 3.19 bits per heavy atom. The van der Waals surface area contributed by atoms with Gasteiger partial charge in [0.25, 0.3) is 5.91 Å². The summed E-state index contributed by atoms with van der Waals surface area (Å²) in [6.45, 7) is 1.49. The summed E-state index contributed by atoms with van der Waals surface area (Å²) in [5.41, 5.74) is 0.558. The average Bonchev–Trinajstić information content (AvgIpc) is 2.96. The molecule has 16 heavy (non-hydrogen) atoms. The Morgan fingerprint density at radius 1 is 1.56 bits per heavy atom. The fourth-order valence-corrected chi connectivity index (χ4v) is 1.36. The Balaban J connectivity index is 1.67. The van der Waals surface area contributed by atoms with Crippen molar-refractivity contribution in [2.45, 2.75) is 13.0 Å².